The minimum absolute atomic E-state index is 0.00351. The van der Waals surface area contributed by atoms with Gasteiger partial charge >= 0.3 is 0 Å². The summed E-state index contributed by atoms with van der Waals surface area (Å²) in [4.78, 5) is 27.9. The van der Waals surface area contributed by atoms with Crippen LogP contribution in [0.15, 0.2) is 53.7 Å². The van der Waals surface area contributed by atoms with E-state index in [4.69, 9.17) is 23.2 Å². The van der Waals surface area contributed by atoms with Gasteiger partial charge in [-0.05, 0) is 36.1 Å². The number of nitrogens with one attached hydrogen (secondary N) is 1. The van der Waals surface area contributed by atoms with Crippen LogP contribution in [0.25, 0.3) is 0 Å². The van der Waals surface area contributed by atoms with Crippen molar-refractivity contribution in [2.75, 3.05) is 10.2 Å². The van der Waals surface area contributed by atoms with Gasteiger partial charge in [0, 0.05) is 40.2 Å². The molecule has 29 heavy (non-hydrogen) atoms. The number of rotatable bonds is 1. The molecule has 1 aliphatic heterocycles. The summed E-state index contributed by atoms with van der Waals surface area (Å²) in [7, 11) is 0. The van der Waals surface area contributed by atoms with Crippen molar-refractivity contribution in [3.05, 3.63) is 69.3 Å². The maximum Gasteiger partial charge on any atom is 0.224 e. The van der Waals surface area contributed by atoms with Crippen LogP contribution in [0.3, 0.4) is 0 Å². The van der Waals surface area contributed by atoms with Crippen LogP contribution in [0.4, 0.5) is 11.4 Å². The lowest BCUT2D eigenvalue weighted by molar-refractivity contribution is -0.118. The van der Waals surface area contributed by atoms with Gasteiger partial charge in [-0.3, -0.25) is 14.5 Å². The van der Waals surface area contributed by atoms with E-state index >= 15 is 0 Å². The Kier molecular flexibility index (Phi) is 4.96. The molecule has 0 aromatic heterocycles. The second kappa shape index (κ2) is 7.19. The molecule has 0 radical (unpaired) electrons. The van der Waals surface area contributed by atoms with Crippen LogP contribution >= 0.6 is 23.2 Å². The van der Waals surface area contributed by atoms with Gasteiger partial charge in [0.15, 0.2) is 5.78 Å². The fourth-order valence-corrected chi connectivity index (χ4v) is 4.98. The quantitative estimate of drug-likeness (QED) is 0.591. The Hall–Kier alpha value is -2.30. The Balaban J connectivity index is 2.07. The lowest BCUT2D eigenvalue weighted by Gasteiger charge is -2.37. The second-order valence-electron chi connectivity index (χ2n) is 8.40. The van der Waals surface area contributed by atoms with E-state index in [0.29, 0.717) is 39.7 Å². The fraction of sp³-hybridized carbons (Fsp3) is 0.304. The van der Waals surface area contributed by atoms with E-state index in [1.54, 1.807) is 23.1 Å². The van der Waals surface area contributed by atoms with Gasteiger partial charge in [0.1, 0.15) is 0 Å². The van der Waals surface area contributed by atoms with Crippen molar-refractivity contribution in [2.24, 2.45) is 5.41 Å². The summed E-state index contributed by atoms with van der Waals surface area (Å²) in [6, 6.07) is 12.1. The van der Waals surface area contributed by atoms with E-state index in [9.17, 15) is 9.59 Å². The lowest BCUT2D eigenvalue weighted by atomic mass is 9.73. The van der Waals surface area contributed by atoms with Crippen LogP contribution in [0.5, 0.6) is 0 Å². The molecular formula is C23H22Cl2N2O2. The predicted octanol–water partition coefficient (Wildman–Crippen LogP) is 6.16. The monoisotopic (exact) mass is 428 g/mol. The summed E-state index contributed by atoms with van der Waals surface area (Å²) in [5.74, 6) is -0.185. The number of anilines is 2. The molecule has 6 heteroatoms. The lowest BCUT2D eigenvalue weighted by Crippen LogP contribution is -2.38. The normalized spacial score (nSPS) is 20.5. The van der Waals surface area contributed by atoms with Crippen molar-refractivity contribution < 1.29 is 9.59 Å². The molecule has 0 bridgehead atoms. The number of carbonyl (C=O) groups excluding carboxylic acids is 2. The van der Waals surface area contributed by atoms with Crippen molar-refractivity contribution >= 4 is 46.3 Å². The number of hydrogen-bond acceptors (Lipinski definition) is 3. The number of Topliss-reactive ketones (excluding diaryl/α,β-unsaturated/α-hetero) is 1. The predicted molar refractivity (Wildman–Crippen MR) is 117 cm³/mol. The van der Waals surface area contributed by atoms with Gasteiger partial charge in [-0.15, -0.1) is 0 Å². The molecule has 1 atom stereocenters. The highest BCUT2D eigenvalue weighted by atomic mass is 35.5. The van der Waals surface area contributed by atoms with Crippen LogP contribution in [0, 0.1) is 5.41 Å². The minimum atomic E-state index is -0.691. The van der Waals surface area contributed by atoms with E-state index in [0.717, 1.165) is 11.4 Å². The largest absolute Gasteiger partial charge is 0.357 e. The SMILES string of the molecule is CC(=O)N1c2ccccc2NC2=C(C(=O)CC(C)(C)C2)[C@@H]1c1c(Cl)cccc1Cl. The van der Waals surface area contributed by atoms with Gasteiger partial charge in [0.25, 0.3) is 0 Å². The summed E-state index contributed by atoms with van der Waals surface area (Å²) >= 11 is 13.1. The number of ketones is 1. The minimum Gasteiger partial charge on any atom is -0.357 e. The van der Waals surface area contributed by atoms with Crippen molar-refractivity contribution in [1.29, 1.82) is 0 Å². The van der Waals surface area contributed by atoms with Crippen molar-refractivity contribution in [2.45, 2.75) is 39.7 Å². The van der Waals surface area contributed by atoms with Crippen molar-refractivity contribution in [3.8, 4) is 0 Å². The first-order valence-electron chi connectivity index (χ1n) is 9.55. The molecule has 2 aromatic rings. The number of allylic oxidation sites excluding steroid dienone is 1. The third kappa shape index (κ3) is 3.45. The molecule has 0 spiro atoms. The molecule has 0 unspecified atom stereocenters. The highest BCUT2D eigenvalue weighted by molar-refractivity contribution is 6.36. The van der Waals surface area contributed by atoms with Crippen molar-refractivity contribution in [1.82, 2.24) is 0 Å². The smallest absolute Gasteiger partial charge is 0.224 e. The summed E-state index contributed by atoms with van der Waals surface area (Å²) in [6.45, 7) is 5.65. The molecule has 1 amide bonds. The van der Waals surface area contributed by atoms with Gasteiger partial charge in [-0.25, -0.2) is 0 Å². The number of amides is 1. The molecule has 1 N–H and O–H groups in total. The summed E-state index contributed by atoms with van der Waals surface area (Å²) in [5, 5.41) is 4.31. The van der Waals surface area contributed by atoms with E-state index in [-0.39, 0.29) is 17.1 Å². The van der Waals surface area contributed by atoms with Crippen LogP contribution in [0.1, 0.15) is 45.2 Å². The molecule has 2 aliphatic rings. The zero-order valence-electron chi connectivity index (χ0n) is 16.6. The zero-order valence-corrected chi connectivity index (χ0v) is 18.1. The van der Waals surface area contributed by atoms with E-state index in [2.05, 4.69) is 19.2 Å². The molecule has 0 saturated carbocycles. The summed E-state index contributed by atoms with van der Waals surface area (Å²) < 4.78 is 0. The van der Waals surface area contributed by atoms with E-state index in [1.165, 1.54) is 6.92 Å². The first-order chi connectivity index (χ1) is 13.7. The molecule has 2 aromatic carbocycles. The fourth-order valence-electron chi connectivity index (χ4n) is 4.38. The number of hydrogen-bond donors (Lipinski definition) is 1. The van der Waals surface area contributed by atoms with Gasteiger partial charge in [0.2, 0.25) is 5.91 Å². The Morgan fingerprint density at radius 2 is 1.72 bits per heavy atom. The van der Waals surface area contributed by atoms with Gasteiger partial charge < -0.3 is 5.32 Å². The molecule has 0 fully saturated rings. The first-order valence-corrected chi connectivity index (χ1v) is 10.3. The van der Waals surface area contributed by atoms with Gasteiger partial charge in [-0.1, -0.05) is 55.2 Å². The van der Waals surface area contributed by atoms with Crippen LogP contribution < -0.4 is 10.2 Å². The zero-order chi connectivity index (χ0) is 20.9. The first kappa shape index (κ1) is 20.0. The van der Waals surface area contributed by atoms with Crippen LogP contribution in [-0.2, 0) is 9.59 Å². The molecule has 4 nitrogen and oxygen atoms in total. The summed E-state index contributed by atoms with van der Waals surface area (Å²) in [5.41, 5.74) is 3.25. The molecule has 1 aliphatic carbocycles. The maximum atomic E-state index is 13.4. The maximum absolute atomic E-state index is 13.4. The molecule has 150 valence electrons. The van der Waals surface area contributed by atoms with Crippen LogP contribution in [-0.4, -0.2) is 11.7 Å². The third-order valence-electron chi connectivity index (χ3n) is 5.51. The number of nitrogens with zero attached hydrogens (tertiary/aromatic N) is 1. The third-order valence-corrected chi connectivity index (χ3v) is 6.17. The average molecular weight is 429 g/mol. The number of para-hydroxylation sites is 2. The van der Waals surface area contributed by atoms with E-state index < -0.39 is 6.04 Å². The molecule has 4 rings (SSSR count). The Labute approximate surface area is 180 Å². The number of benzene rings is 2. The van der Waals surface area contributed by atoms with Gasteiger partial charge in [0.05, 0.1) is 17.4 Å². The molecule has 0 saturated heterocycles. The average Bonchev–Trinajstić information content (AvgIpc) is 2.74. The number of carbonyl (C=O) groups is 2. The number of halogens is 2. The number of fused-ring (bicyclic) bond motifs is 1. The Morgan fingerprint density at radius 1 is 1.07 bits per heavy atom. The van der Waals surface area contributed by atoms with Crippen LogP contribution in [0.2, 0.25) is 10.0 Å². The standard InChI is InChI=1S/C23H22Cl2N2O2/c1-13(28)27-18-10-5-4-9-16(18)26-17-11-23(2,3)12-19(29)21(17)22(27)20-14(24)7-6-8-15(20)25/h4-10,22,26H,11-12H2,1-3H3/t22-/m0/s1. The molecule has 1 heterocycles. The highest BCUT2D eigenvalue weighted by Gasteiger charge is 2.43. The highest BCUT2D eigenvalue weighted by Crippen LogP contribution is 2.50. The van der Waals surface area contributed by atoms with Crippen molar-refractivity contribution in [3.63, 3.8) is 0 Å². The second-order valence-corrected chi connectivity index (χ2v) is 9.22. The van der Waals surface area contributed by atoms with Gasteiger partial charge in [-0.2, -0.15) is 0 Å². The molecular weight excluding hydrogens is 407 g/mol. The topological polar surface area (TPSA) is 49.4 Å². The summed E-state index contributed by atoms with van der Waals surface area (Å²) in [6.07, 6.45) is 1.08. The van der Waals surface area contributed by atoms with E-state index in [1.807, 2.05) is 24.3 Å². The Bertz CT molecular complexity index is 1040. The Morgan fingerprint density at radius 3 is 2.38 bits per heavy atom.